The third-order valence-electron chi connectivity index (χ3n) is 8.38. The zero-order valence-electron chi connectivity index (χ0n) is 24.2. The summed E-state index contributed by atoms with van der Waals surface area (Å²) in [5, 5.41) is 6.11. The summed E-state index contributed by atoms with van der Waals surface area (Å²) < 4.78 is 2.36. The predicted octanol–water partition coefficient (Wildman–Crippen LogP) is 11.5. The summed E-state index contributed by atoms with van der Waals surface area (Å²) in [7, 11) is 0. The van der Waals surface area contributed by atoms with Gasteiger partial charge in [0.15, 0.2) is 0 Å². The Bertz CT molecular complexity index is 2210. The molecular formula is C42H30N2. The van der Waals surface area contributed by atoms with Gasteiger partial charge in [-0.05, 0) is 88.0 Å². The summed E-state index contributed by atoms with van der Waals surface area (Å²) in [6.07, 6.45) is 0. The molecule has 8 rings (SSSR count). The van der Waals surface area contributed by atoms with Crippen LogP contribution in [0.3, 0.4) is 0 Å². The molecule has 0 spiro atoms. The monoisotopic (exact) mass is 562 g/mol. The summed E-state index contributed by atoms with van der Waals surface area (Å²) in [5.74, 6) is 0. The van der Waals surface area contributed by atoms with Gasteiger partial charge in [0.05, 0.1) is 11.0 Å². The molecule has 0 aliphatic rings. The van der Waals surface area contributed by atoms with Crippen molar-refractivity contribution in [3.8, 4) is 39.1 Å². The van der Waals surface area contributed by atoms with Crippen LogP contribution in [-0.2, 0) is 0 Å². The SMILES string of the molecule is c1ccc(-c2ccc(Nc3cccc(-c4ccc(-c5ccc6c(c5)c5ccccc5n6-c5ccccc5)cc4)c3)cc2)cc1. The second kappa shape index (κ2) is 11.1. The van der Waals surface area contributed by atoms with Crippen LogP contribution in [0.1, 0.15) is 0 Å². The van der Waals surface area contributed by atoms with Crippen molar-refractivity contribution in [3.05, 3.63) is 176 Å². The van der Waals surface area contributed by atoms with E-state index >= 15 is 0 Å². The average Bonchev–Trinajstić information content (AvgIpc) is 3.43. The maximum absolute atomic E-state index is 3.57. The maximum atomic E-state index is 3.57. The van der Waals surface area contributed by atoms with E-state index < -0.39 is 0 Å². The smallest absolute Gasteiger partial charge is 0.0541 e. The molecule has 0 unspecified atom stereocenters. The zero-order valence-corrected chi connectivity index (χ0v) is 24.2. The molecule has 44 heavy (non-hydrogen) atoms. The number of aromatic nitrogens is 1. The quantitative estimate of drug-likeness (QED) is 0.213. The van der Waals surface area contributed by atoms with Gasteiger partial charge in [0.2, 0.25) is 0 Å². The molecule has 0 radical (unpaired) electrons. The highest BCUT2D eigenvalue weighted by atomic mass is 15.0. The van der Waals surface area contributed by atoms with Gasteiger partial charge in [-0.1, -0.05) is 121 Å². The number of fused-ring (bicyclic) bond motifs is 3. The van der Waals surface area contributed by atoms with E-state index in [2.05, 4.69) is 180 Å². The number of benzene rings is 7. The topological polar surface area (TPSA) is 17.0 Å². The minimum atomic E-state index is 1.07. The molecule has 2 nitrogen and oxygen atoms in total. The third-order valence-corrected chi connectivity index (χ3v) is 8.38. The van der Waals surface area contributed by atoms with Crippen molar-refractivity contribution in [1.29, 1.82) is 0 Å². The Morgan fingerprint density at radius 3 is 1.59 bits per heavy atom. The Morgan fingerprint density at radius 2 is 0.841 bits per heavy atom. The van der Waals surface area contributed by atoms with Crippen molar-refractivity contribution in [1.82, 2.24) is 4.57 Å². The van der Waals surface area contributed by atoms with Gasteiger partial charge in [-0.3, -0.25) is 0 Å². The molecule has 7 aromatic carbocycles. The Kier molecular flexibility index (Phi) is 6.51. The zero-order chi connectivity index (χ0) is 29.3. The second-order valence-corrected chi connectivity index (χ2v) is 11.1. The Hall–Kier alpha value is -5.86. The van der Waals surface area contributed by atoms with Crippen LogP contribution in [0.15, 0.2) is 176 Å². The van der Waals surface area contributed by atoms with Crippen molar-refractivity contribution in [2.24, 2.45) is 0 Å². The highest BCUT2D eigenvalue weighted by Crippen LogP contribution is 2.35. The summed E-state index contributed by atoms with van der Waals surface area (Å²) in [6, 6.07) is 62.7. The minimum absolute atomic E-state index is 1.07. The molecule has 0 aliphatic carbocycles. The van der Waals surface area contributed by atoms with E-state index in [-0.39, 0.29) is 0 Å². The molecule has 0 amide bonds. The first-order chi connectivity index (χ1) is 21.8. The summed E-state index contributed by atoms with van der Waals surface area (Å²) in [4.78, 5) is 0. The van der Waals surface area contributed by atoms with Gasteiger partial charge in [0.1, 0.15) is 0 Å². The standard InChI is InChI=1S/C42H30N2/c1-3-10-30(11-4-1)31-22-25-36(26-23-31)43-37-13-9-12-34(28-37)32-18-20-33(21-19-32)35-24-27-42-40(29-35)39-16-7-8-17-41(39)44(42)38-14-5-2-6-15-38/h1-29,43H. The van der Waals surface area contributed by atoms with Gasteiger partial charge in [-0.25, -0.2) is 0 Å². The van der Waals surface area contributed by atoms with Gasteiger partial charge < -0.3 is 9.88 Å². The highest BCUT2D eigenvalue weighted by Gasteiger charge is 2.13. The van der Waals surface area contributed by atoms with E-state index in [1.807, 2.05) is 6.07 Å². The lowest BCUT2D eigenvalue weighted by atomic mass is 9.99. The summed E-state index contributed by atoms with van der Waals surface area (Å²) in [5.41, 5.74) is 13.0. The van der Waals surface area contributed by atoms with Crippen LogP contribution in [0.5, 0.6) is 0 Å². The average molecular weight is 563 g/mol. The molecule has 8 aromatic rings. The second-order valence-electron chi connectivity index (χ2n) is 11.1. The van der Waals surface area contributed by atoms with Crippen LogP contribution in [0, 0.1) is 0 Å². The van der Waals surface area contributed by atoms with Crippen molar-refractivity contribution >= 4 is 33.2 Å². The van der Waals surface area contributed by atoms with E-state index in [1.165, 1.54) is 60.9 Å². The van der Waals surface area contributed by atoms with Gasteiger partial charge >= 0.3 is 0 Å². The first-order valence-electron chi connectivity index (χ1n) is 15.0. The molecule has 0 saturated carbocycles. The fourth-order valence-corrected chi connectivity index (χ4v) is 6.18. The number of hydrogen-bond donors (Lipinski definition) is 1. The Labute approximate surface area is 257 Å². The number of anilines is 2. The van der Waals surface area contributed by atoms with Crippen LogP contribution in [0.4, 0.5) is 11.4 Å². The largest absolute Gasteiger partial charge is 0.356 e. The number of hydrogen-bond acceptors (Lipinski definition) is 1. The lowest BCUT2D eigenvalue weighted by Crippen LogP contribution is -1.92. The van der Waals surface area contributed by atoms with E-state index in [9.17, 15) is 0 Å². The van der Waals surface area contributed by atoms with Crippen LogP contribution in [0.25, 0.3) is 60.9 Å². The summed E-state index contributed by atoms with van der Waals surface area (Å²) in [6.45, 7) is 0. The molecule has 2 heteroatoms. The van der Waals surface area contributed by atoms with E-state index in [0.717, 1.165) is 11.4 Å². The molecule has 1 aromatic heterocycles. The predicted molar refractivity (Wildman–Crippen MR) is 187 cm³/mol. The summed E-state index contributed by atoms with van der Waals surface area (Å²) >= 11 is 0. The van der Waals surface area contributed by atoms with Gasteiger partial charge in [-0.2, -0.15) is 0 Å². The first kappa shape index (κ1) is 25.8. The number of nitrogens with one attached hydrogen (secondary N) is 1. The highest BCUT2D eigenvalue weighted by molar-refractivity contribution is 6.10. The van der Waals surface area contributed by atoms with Gasteiger partial charge in [-0.15, -0.1) is 0 Å². The first-order valence-corrected chi connectivity index (χ1v) is 15.0. The molecule has 1 heterocycles. The van der Waals surface area contributed by atoms with Crippen molar-refractivity contribution in [2.75, 3.05) is 5.32 Å². The van der Waals surface area contributed by atoms with Crippen LogP contribution >= 0.6 is 0 Å². The molecule has 1 N–H and O–H groups in total. The molecule has 0 fully saturated rings. The Balaban J connectivity index is 1.06. The number of rotatable bonds is 6. The normalized spacial score (nSPS) is 11.2. The molecule has 0 aliphatic heterocycles. The Morgan fingerprint density at radius 1 is 0.318 bits per heavy atom. The fourth-order valence-electron chi connectivity index (χ4n) is 6.18. The van der Waals surface area contributed by atoms with Crippen molar-refractivity contribution in [2.45, 2.75) is 0 Å². The van der Waals surface area contributed by atoms with Gasteiger partial charge in [0.25, 0.3) is 0 Å². The number of nitrogens with zero attached hydrogens (tertiary/aromatic N) is 1. The van der Waals surface area contributed by atoms with E-state index in [4.69, 9.17) is 0 Å². The molecule has 0 saturated heterocycles. The fraction of sp³-hybridized carbons (Fsp3) is 0. The minimum Gasteiger partial charge on any atom is -0.356 e. The molecule has 0 atom stereocenters. The molecule has 0 bridgehead atoms. The number of para-hydroxylation sites is 2. The maximum Gasteiger partial charge on any atom is 0.0541 e. The van der Waals surface area contributed by atoms with Crippen LogP contribution in [0.2, 0.25) is 0 Å². The van der Waals surface area contributed by atoms with Crippen molar-refractivity contribution in [3.63, 3.8) is 0 Å². The lowest BCUT2D eigenvalue weighted by Gasteiger charge is -2.11. The van der Waals surface area contributed by atoms with Crippen LogP contribution in [-0.4, -0.2) is 4.57 Å². The molecular weight excluding hydrogens is 532 g/mol. The van der Waals surface area contributed by atoms with Crippen LogP contribution < -0.4 is 5.32 Å². The lowest BCUT2D eigenvalue weighted by molar-refractivity contribution is 1.18. The van der Waals surface area contributed by atoms with E-state index in [1.54, 1.807) is 0 Å². The third kappa shape index (κ3) is 4.83. The molecule has 208 valence electrons. The van der Waals surface area contributed by atoms with Crippen molar-refractivity contribution < 1.29 is 0 Å². The van der Waals surface area contributed by atoms with Gasteiger partial charge in [0, 0.05) is 27.8 Å². The van der Waals surface area contributed by atoms with E-state index in [0.29, 0.717) is 0 Å².